The summed E-state index contributed by atoms with van der Waals surface area (Å²) in [6.45, 7) is 10.4. The zero-order chi connectivity index (χ0) is 14.6. The largest absolute Gasteiger partial charge is 0.339 e. The smallest absolute Gasteiger partial charge is 0.232 e. The maximum absolute atomic E-state index is 5.25. The SMILES string of the molecule is CCCNCc1cn(Cc2noc(C(C)(C)C)n2)nn1. The van der Waals surface area contributed by atoms with Crippen LogP contribution in [0.2, 0.25) is 0 Å². The van der Waals surface area contributed by atoms with Gasteiger partial charge in [-0.1, -0.05) is 38.1 Å². The molecular formula is C13H22N6O. The van der Waals surface area contributed by atoms with Crippen molar-refractivity contribution in [2.75, 3.05) is 6.54 Å². The van der Waals surface area contributed by atoms with Gasteiger partial charge in [-0.25, -0.2) is 4.68 Å². The highest BCUT2D eigenvalue weighted by Gasteiger charge is 2.21. The van der Waals surface area contributed by atoms with E-state index in [1.165, 1.54) is 0 Å². The molecule has 0 bridgehead atoms. The molecule has 0 saturated carbocycles. The predicted octanol–water partition coefficient (Wildman–Crippen LogP) is 1.51. The van der Waals surface area contributed by atoms with Crippen LogP contribution in [0.3, 0.4) is 0 Å². The lowest BCUT2D eigenvalue weighted by Crippen LogP contribution is -2.14. The second-order valence-corrected chi connectivity index (χ2v) is 5.85. The summed E-state index contributed by atoms with van der Waals surface area (Å²) in [7, 11) is 0. The first-order valence-corrected chi connectivity index (χ1v) is 6.92. The topological polar surface area (TPSA) is 81.7 Å². The van der Waals surface area contributed by atoms with Gasteiger partial charge in [-0.05, 0) is 13.0 Å². The van der Waals surface area contributed by atoms with Gasteiger partial charge in [0.05, 0.1) is 11.9 Å². The number of aromatic nitrogens is 5. The minimum Gasteiger partial charge on any atom is -0.339 e. The van der Waals surface area contributed by atoms with Gasteiger partial charge in [0.25, 0.3) is 0 Å². The molecule has 110 valence electrons. The molecular weight excluding hydrogens is 256 g/mol. The third kappa shape index (κ3) is 3.86. The van der Waals surface area contributed by atoms with E-state index in [0.29, 0.717) is 18.3 Å². The molecule has 0 aliphatic heterocycles. The Labute approximate surface area is 118 Å². The molecule has 0 fully saturated rings. The molecule has 0 atom stereocenters. The van der Waals surface area contributed by atoms with Gasteiger partial charge >= 0.3 is 0 Å². The van der Waals surface area contributed by atoms with Crippen molar-refractivity contribution in [2.24, 2.45) is 0 Å². The van der Waals surface area contributed by atoms with Crippen LogP contribution in [0.25, 0.3) is 0 Å². The number of hydrogen-bond acceptors (Lipinski definition) is 6. The van der Waals surface area contributed by atoms with Crippen LogP contribution in [-0.4, -0.2) is 31.7 Å². The first kappa shape index (κ1) is 14.6. The van der Waals surface area contributed by atoms with Gasteiger partial charge in [0, 0.05) is 12.0 Å². The molecule has 0 unspecified atom stereocenters. The molecule has 7 nitrogen and oxygen atoms in total. The Morgan fingerprint density at radius 2 is 2.15 bits per heavy atom. The highest BCUT2D eigenvalue weighted by Crippen LogP contribution is 2.19. The summed E-state index contributed by atoms with van der Waals surface area (Å²) in [5.74, 6) is 1.25. The van der Waals surface area contributed by atoms with Gasteiger partial charge in [0.15, 0.2) is 5.82 Å². The summed E-state index contributed by atoms with van der Waals surface area (Å²) in [6, 6.07) is 0. The minimum absolute atomic E-state index is 0.136. The maximum atomic E-state index is 5.25. The fourth-order valence-electron chi connectivity index (χ4n) is 1.66. The molecule has 0 aliphatic carbocycles. The Bertz CT molecular complexity index is 539. The van der Waals surface area contributed by atoms with E-state index in [0.717, 1.165) is 25.2 Å². The zero-order valence-electron chi connectivity index (χ0n) is 12.6. The third-order valence-corrected chi connectivity index (χ3v) is 2.73. The fraction of sp³-hybridized carbons (Fsp3) is 0.692. The fourth-order valence-corrected chi connectivity index (χ4v) is 1.66. The van der Waals surface area contributed by atoms with E-state index >= 15 is 0 Å². The van der Waals surface area contributed by atoms with Gasteiger partial charge in [0.1, 0.15) is 6.54 Å². The normalized spacial score (nSPS) is 12.0. The Balaban J connectivity index is 1.95. The highest BCUT2D eigenvalue weighted by atomic mass is 16.5. The Kier molecular flexibility index (Phi) is 4.49. The molecule has 0 aromatic carbocycles. The second-order valence-electron chi connectivity index (χ2n) is 5.85. The number of nitrogens with zero attached hydrogens (tertiary/aromatic N) is 5. The van der Waals surface area contributed by atoms with Crippen molar-refractivity contribution < 1.29 is 4.52 Å². The Morgan fingerprint density at radius 1 is 1.35 bits per heavy atom. The van der Waals surface area contributed by atoms with Crippen molar-refractivity contribution in [2.45, 2.75) is 52.6 Å². The third-order valence-electron chi connectivity index (χ3n) is 2.73. The van der Waals surface area contributed by atoms with E-state index in [1.54, 1.807) is 4.68 Å². The Hall–Kier alpha value is -1.76. The van der Waals surface area contributed by atoms with Crippen LogP contribution in [0.15, 0.2) is 10.7 Å². The van der Waals surface area contributed by atoms with E-state index in [4.69, 9.17) is 4.52 Å². The van der Waals surface area contributed by atoms with Gasteiger partial charge in [-0.2, -0.15) is 4.98 Å². The maximum Gasteiger partial charge on any atom is 0.232 e. The average molecular weight is 278 g/mol. The molecule has 0 aliphatic rings. The quantitative estimate of drug-likeness (QED) is 0.807. The molecule has 0 saturated heterocycles. The van der Waals surface area contributed by atoms with Crippen LogP contribution >= 0.6 is 0 Å². The lowest BCUT2D eigenvalue weighted by atomic mass is 9.97. The van der Waals surface area contributed by atoms with Crippen molar-refractivity contribution in [3.8, 4) is 0 Å². The van der Waals surface area contributed by atoms with E-state index in [1.807, 2.05) is 27.0 Å². The summed E-state index contributed by atoms with van der Waals surface area (Å²) in [5.41, 5.74) is 0.779. The molecule has 2 aromatic rings. The van der Waals surface area contributed by atoms with Crippen LogP contribution in [0.1, 0.15) is 51.5 Å². The summed E-state index contributed by atoms with van der Waals surface area (Å²) in [6.07, 6.45) is 3.00. The second kappa shape index (κ2) is 6.13. The average Bonchev–Trinajstić information content (AvgIpc) is 2.99. The number of rotatable bonds is 6. The van der Waals surface area contributed by atoms with Crippen LogP contribution in [-0.2, 0) is 18.5 Å². The first-order valence-electron chi connectivity index (χ1n) is 6.92. The molecule has 2 heterocycles. The summed E-state index contributed by atoms with van der Waals surface area (Å²) in [4.78, 5) is 4.38. The molecule has 0 radical (unpaired) electrons. The lowest BCUT2D eigenvalue weighted by molar-refractivity contribution is 0.317. The summed E-state index contributed by atoms with van der Waals surface area (Å²) < 4.78 is 6.98. The van der Waals surface area contributed by atoms with Crippen molar-refractivity contribution in [1.82, 2.24) is 30.5 Å². The monoisotopic (exact) mass is 278 g/mol. The molecule has 7 heteroatoms. The van der Waals surface area contributed by atoms with Crippen molar-refractivity contribution in [3.63, 3.8) is 0 Å². The minimum atomic E-state index is -0.136. The van der Waals surface area contributed by atoms with E-state index in [2.05, 4.69) is 32.7 Å². The van der Waals surface area contributed by atoms with Gasteiger partial charge in [-0.15, -0.1) is 5.10 Å². The van der Waals surface area contributed by atoms with E-state index < -0.39 is 0 Å². The van der Waals surface area contributed by atoms with Crippen molar-refractivity contribution in [3.05, 3.63) is 23.6 Å². The van der Waals surface area contributed by atoms with Crippen LogP contribution < -0.4 is 5.32 Å². The predicted molar refractivity (Wildman–Crippen MR) is 74.1 cm³/mol. The molecule has 0 amide bonds. The highest BCUT2D eigenvalue weighted by molar-refractivity contribution is 4.99. The van der Waals surface area contributed by atoms with E-state index in [9.17, 15) is 0 Å². The molecule has 1 N–H and O–H groups in total. The standard InChI is InChI=1S/C13H22N6O/c1-5-6-14-7-10-8-19(18-16-10)9-11-15-12(20-17-11)13(2,3)4/h8,14H,5-7,9H2,1-4H3. The van der Waals surface area contributed by atoms with E-state index in [-0.39, 0.29) is 5.41 Å². The summed E-state index contributed by atoms with van der Waals surface area (Å²) in [5, 5.41) is 15.4. The van der Waals surface area contributed by atoms with Gasteiger partial charge < -0.3 is 9.84 Å². The van der Waals surface area contributed by atoms with Crippen LogP contribution in [0, 0.1) is 0 Å². The summed E-state index contributed by atoms with van der Waals surface area (Å²) >= 11 is 0. The zero-order valence-corrected chi connectivity index (χ0v) is 12.6. The van der Waals surface area contributed by atoms with Gasteiger partial charge in [-0.3, -0.25) is 0 Å². The number of hydrogen-bond donors (Lipinski definition) is 1. The van der Waals surface area contributed by atoms with Gasteiger partial charge in [0.2, 0.25) is 5.89 Å². The number of nitrogens with one attached hydrogen (secondary N) is 1. The lowest BCUT2D eigenvalue weighted by Gasteiger charge is -2.10. The van der Waals surface area contributed by atoms with Crippen molar-refractivity contribution in [1.29, 1.82) is 0 Å². The Morgan fingerprint density at radius 3 is 2.80 bits per heavy atom. The molecule has 2 rings (SSSR count). The molecule has 20 heavy (non-hydrogen) atoms. The first-order chi connectivity index (χ1) is 9.49. The van der Waals surface area contributed by atoms with Crippen molar-refractivity contribution >= 4 is 0 Å². The van der Waals surface area contributed by atoms with Crippen LogP contribution in [0.4, 0.5) is 0 Å². The molecule has 0 spiro atoms. The molecule has 2 aromatic heterocycles. The van der Waals surface area contributed by atoms with Crippen LogP contribution in [0.5, 0.6) is 0 Å².